The number of carbonyl (C=O) groups excluding carboxylic acids is 1. The van der Waals surface area contributed by atoms with Crippen molar-refractivity contribution in [1.82, 2.24) is 5.32 Å². The average molecular weight is 438 g/mol. The Morgan fingerprint density at radius 1 is 0.968 bits per heavy atom. The van der Waals surface area contributed by atoms with Crippen LogP contribution in [0.5, 0.6) is 0 Å². The zero-order chi connectivity index (χ0) is 21.6. The van der Waals surface area contributed by atoms with Crippen LogP contribution in [0.2, 0.25) is 5.02 Å². The molecule has 2 aromatic carbocycles. The van der Waals surface area contributed by atoms with Crippen LogP contribution in [-0.4, -0.2) is 23.5 Å². The Morgan fingerprint density at radius 3 is 2.26 bits per heavy atom. The number of carboxylic acids is 1. The molecule has 0 heterocycles. The smallest absolute Gasteiger partial charge is 0.336 e. The topological polar surface area (TPSA) is 66.4 Å². The third kappa shape index (κ3) is 3.98. The molecule has 1 amide bonds. The maximum atomic E-state index is 12.9. The molecule has 4 fully saturated rings. The first-order valence-corrected chi connectivity index (χ1v) is 11.7. The highest BCUT2D eigenvalue weighted by Gasteiger charge is 2.50. The molecular weight excluding hydrogens is 410 g/mol. The van der Waals surface area contributed by atoms with Crippen molar-refractivity contribution < 1.29 is 14.7 Å². The van der Waals surface area contributed by atoms with Gasteiger partial charge in [0.1, 0.15) is 0 Å². The number of carbonyl (C=O) groups is 2. The van der Waals surface area contributed by atoms with Gasteiger partial charge in [0.25, 0.3) is 5.91 Å². The number of rotatable bonds is 6. The van der Waals surface area contributed by atoms with Gasteiger partial charge in [0, 0.05) is 6.54 Å². The van der Waals surface area contributed by atoms with Gasteiger partial charge in [-0.1, -0.05) is 35.9 Å². The molecule has 4 bridgehead atoms. The highest BCUT2D eigenvalue weighted by molar-refractivity contribution is 6.34. The van der Waals surface area contributed by atoms with E-state index in [-0.39, 0.29) is 11.5 Å². The number of benzene rings is 2. The van der Waals surface area contributed by atoms with E-state index in [1.54, 1.807) is 42.5 Å². The molecule has 4 aliphatic rings. The van der Waals surface area contributed by atoms with Crippen molar-refractivity contribution in [3.63, 3.8) is 0 Å². The summed E-state index contributed by atoms with van der Waals surface area (Å²) in [6, 6.07) is 11.9. The predicted octanol–water partition coefficient (Wildman–Crippen LogP) is 6.04. The molecule has 162 valence electrons. The van der Waals surface area contributed by atoms with Crippen LogP contribution in [0.1, 0.15) is 65.7 Å². The van der Waals surface area contributed by atoms with Crippen LogP contribution in [0.15, 0.2) is 42.5 Å². The average Bonchev–Trinajstić information content (AvgIpc) is 2.73. The van der Waals surface area contributed by atoms with E-state index in [0.717, 1.165) is 24.2 Å². The van der Waals surface area contributed by atoms with Crippen LogP contribution in [0, 0.1) is 23.2 Å². The van der Waals surface area contributed by atoms with Gasteiger partial charge >= 0.3 is 5.97 Å². The summed E-state index contributed by atoms with van der Waals surface area (Å²) in [5.41, 5.74) is 2.28. The van der Waals surface area contributed by atoms with Gasteiger partial charge in [-0.15, -0.1) is 0 Å². The van der Waals surface area contributed by atoms with Gasteiger partial charge in [-0.25, -0.2) is 4.79 Å². The van der Waals surface area contributed by atoms with Crippen LogP contribution < -0.4 is 5.32 Å². The first kappa shape index (κ1) is 20.6. The first-order chi connectivity index (χ1) is 14.9. The molecule has 0 unspecified atom stereocenters. The number of hydrogen-bond donors (Lipinski definition) is 2. The summed E-state index contributed by atoms with van der Waals surface area (Å²) in [6.07, 6.45) is 9.30. The molecule has 31 heavy (non-hydrogen) atoms. The number of amides is 1. The SMILES string of the molecule is O=C(NCCC12CC3CC(CC(C3)C1)C2)c1cc(-c2ccccc2C(=O)O)ccc1Cl. The molecule has 2 N–H and O–H groups in total. The van der Waals surface area contributed by atoms with E-state index in [4.69, 9.17) is 11.6 Å². The van der Waals surface area contributed by atoms with E-state index in [2.05, 4.69) is 5.32 Å². The lowest BCUT2D eigenvalue weighted by Crippen LogP contribution is -2.47. The van der Waals surface area contributed by atoms with Gasteiger partial charge in [0.2, 0.25) is 0 Å². The Labute approximate surface area is 188 Å². The lowest BCUT2D eigenvalue weighted by Gasteiger charge is -2.57. The molecule has 0 aromatic heterocycles. The third-order valence-electron chi connectivity index (χ3n) is 7.79. The molecule has 6 rings (SSSR count). The van der Waals surface area contributed by atoms with Gasteiger partial charge < -0.3 is 10.4 Å². The highest BCUT2D eigenvalue weighted by atomic mass is 35.5. The molecule has 0 spiro atoms. The van der Waals surface area contributed by atoms with Crippen LogP contribution in [0.25, 0.3) is 11.1 Å². The summed E-state index contributed by atoms with van der Waals surface area (Å²) in [7, 11) is 0. The molecular formula is C26H28ClNO3. The van der Waals surface area contributed by atoms with Crippen molar-refractivity contribution in [2.24, 2.45) is 23.2 Å². The van der Waals surface area contributed by atoms with Crippen molar-refractivity contribution in [3.8, 4) is 11.1 Å². The van der Waals surface area contributed by atoms with Gasteiger partial charge in [0.15, 0.2) is 0 Å². The summed E-state index contributed by atoms with van der Waals surface area (Å²) in [4.78, 5) is 24.5. The minimum atomic E-state index is -0.993. The molecule has 0 atom stereocenters. The predicted molar refractivity (Wildman–Crippen MR) is 121 cm³/mol. The van der Waals surface area contributed by atoms with Crippen molar-refractivity contribution in [1.29, 1.82) is 0 Å². The second-order valence-electron chi connectivity index (χ2n) is 9.97. The Kier molecular flexibility index (Phi) is 5.29. The second kappa shape index (κ2) is 7.98. The highest BCUT2D eigenvalue weighted by Crippen LogP contribution is 2.61. The fourth-order valence-electron chi connectivity index (χ4n) is 6.92. The first-order valence-electron chi connectivity index (χ1n) is 11.3. The molecule has 4 nitrogen and oxygen atoms in total. The van der Waals surface area contributed by atoms with E-state index < -0.39 is 5.97 Å². The number of nitrogens with one attached hydrogen (secondary N) is 1. The van der Waals surface area contributed by atoms with E-state index in [9.17, 15) is 14.7 Å². The minimum absolute atomic E-state index is 0.190. The number of halogens is 1. The van der Waals surface area contributed by atoms with E-state index in [1.165, 1.54) is 38.5 Å². The van der Waals surface area contributed by atoms with Crippen molar-refractivity contribution >= 4 is 23.5 Å². The molecule has 0 radical (unpaired) electrons. The minimum Gasteiger partial charge on any atom is -0.478 e. The quantitative estimate of drug-likeness (QED) is 0.578. The van der Waals surface area contributed by atoms with Gasteiger partial charge in [-0.05, 0) is 97.4 Å². The van der Waals surface area contributed by atoms with Crippen LogP contribution >= 0.6 is 11.6 Å². The van der Waals surface area contributed by atoms with Crippen molar-refractivity contribution in [2.45, 2.75) is 44.9 Å². The number of aromatic carboxylic acids is 1. The van der Waals surface area contributed by atoms with Gasteiger partial charge in [-0.2, -0.15) is 0 Å². The van der Waals surface area contributed by atoms with E-state index >= 15 is 0 Å². The van der Waals surface area contributed by atoms with Gasteiger partial charge in [0.05, 0.1) is 16.1 Å². The zero-order valence-electron chi connectivity index (χ0n) is 17.6. The Hall–Kier alpha value is -2.33. The zero-order valence-corrected chi connectivity index (χ0v) is 18.3. The Balaban J connectivity index is 1.29. The van der Waals surface area contributed by atoms with Crippen molar-refractivity contribution in [2.75, 3.05) is 6.54 Å². The van der Waals surface area contributed by atoms with E-state index in [0.29, 0.717) is 33.7 Å². The standard InChI is InChI=1S/C26H28ClNO3/c27-23-6-5-19(20-3-1-2-4-21(20)25(30)31)12-22(23)24(29)28-8-7-26-13-16-9-17(14-26)11-18(10-16)15-26/h1-6,12,16-18H,7-11,13-15H2,(H,28,29)(H,30,31). The molecule has 2 aromatic rings. The largest absolute Gasteiger partial charge is 0.478 e. The summed E-state index contributed by atoms with van der Waals surface area (Å²) < 4.78 is 0. The number of carboxylic acid groups (broad SMARTS) is 1. The van der Waals surface area contributed by atoms with Crippen LogP contribution in [0.3, 0.4) is 0 Å². The number of hydrogen-bond acceptors (Lipinski definition) is 2. The molecule has 4 saturated carbocycles. The summed E-state index contributed by atoms with van der Waals surface area (Å²) in [6.45, 7) is 0.664. The molecule has 0 saturated heterocycles. The molecule has 0 aliphatic heterocycles. The summed E-state index contributed by atoms with van der Waals surface area (Å²) in [5, 5.41) is 13.0. The molecule has 5 heteroatoms. The molecule has 4 aliphatic carbocycles. The lowest BCUT2D eigenvalue weighted by molar-refractivity contribution is -0.0564. The van der Waals surface area contributed by atoms with Crippen molar-refractivity contribution in [3.05, 3.63) is 58.6 Å². The maximum absolute atomic E-state index is 12.9. The van der Waals surface area contributed by atoms with Crippen LogP contribution in [-0.2, 0) is 0 Å². The maximum Gasteiger partial charge on any atom is 0.336 e. The Morgan fingerprint density at radius 2 is 1.61 bits per heavy atom. The third-order valence-corrected chi connectivity index (χ3v) is 8.12. The normalized spacial score (nSPS) is 28.5. The summed E-state index contributed by atoms with van der Waals surface area (Å²) in [5.74, 6) is 1.53. The lowest BCUT2D eigenvalue weighted by atomic mass is 9.49. The fourth-order valence-corrected chi connectivity index (χ4v) is 7.12. The van der Waals surface area contributed by atoms with Crippen LogP contribution in [0.4, 0.5) is 0 Å². The fraction of sp³-hybridized carbons (Fsp3) is 0.462. The monoisotopic (exact) mass is 437 g/mol. The second-order valence-corrected chi connectivity index (χ2v) is 10.4. The van der Waals surface area contributed by atoms with E-state index in [1.807, 2.05) is 0 Å². The Bertz CT molecular complexity index is 996. The van der Waals surface area contributed by atoms with Gasteiger partial charge in [-0.3, -0.25) is 4.79 Å². The summed E-state index contributed by atoms with van der Waals surface area (Å²) >= 11 is 6.34.